The van der Waals surface area contributed by atoms with Gasteiger partial charge >= 0.3 is 5.97 Å². The van der Waals surface area contributed by atoms with Crippen molar-refractivity contribution in [3.63, 3.8) is 0 Å². The highest BCUT2D eigenvalue weighted by atomic mass is 16.4. The van der Waals surface area contributed by atoms with Crippen LogP contribution in [0, 0.1) is 5.92 Å². The van der Waals surface area contributed by atoms with Gasteiger partial charge in [0.2, 0.25) is 0 Å². The Kier molecular flexibility index (Phi) is 3.92. The zero-order chi connectivity index (χ0) is 14.8. The summed E-state index contributed by atoms with van der Waals surface area (Å²) < 4.78 is 0. The topological polar surface area (TPSA) is 64.9 Å². The second-order valence-corrected chi connectivity index (χ2v) is 5.76. The lowest BCUT2D eigenvalue weighted by atomic mass is 9.84. The summed E-state index contributed by atoms with van der Waals surface area (Å²) in [6.07, 6.45) is 2.12. The number of fused-ring (bicyclic) bond motifs is 1. The van der Waals surface area contributed by atoms with E-state index >= 15 is 0 Å². The van der Waals surface area contributed by atoms with Crippen molar-refractivity contribution in [2.45, 2.75) is 25.8 Å². The highest BCUT2D eigenvalue weighted by Crippen LogP contribution is 2.34. The monoisotopic (exact) mass is 287 g/mol. The van der Waals surface area contributed by atoms with Gasteiger partial charge < -0.3 is 15.4 Å². The number of rotatable bonds is 4. The normalized spacial score (nSPS) is 25.1. The van der Waals surface area contributed by atoms with Gasteiger partial charge in [0, 0.05) is 31.1 Å². The van der Waals surface area contributed by atoms with Crippen LogP contribution in [0.2, 0.25) is 0 Å². The van der Waals surface area contributed by atoms with Gasteiger partial charge in [-0.15, -0.1) is 0 Å². The first-order valence-corrected chi connectivity index (χ1v) is 7.57. The Labute approximate surface area is 124 Å². The Morgan fingerprint density at radius 3 is 3.05 bits per heavy atom. The third-order valence-electron chi connectivity index (χ3n) is 4.38. The van der Waals surface area contributed by atoms with Crippen LogP contribution in [0.4, 0.5) is 0 Å². The van der Waals surface area contributed by atoms with Crippen molar-refractivity contribution in [2.24, 2.45) is 11.0 Å². The summed E-state index contributed by atoms with van der Waals surface area (Å²) in [6.45, 7) is 5.29. The molecule has 21 heavy (non-hydrogen) atoms. The van der Waals surface area contributed by atoms with E-state index in [2.05, 4.69) is 22.4 Å². The summed E-state index contributed by atoms with van der Waals surface area (Å²) in [5, 5.41) is 13.8. The van der Waals surface area contributed by atoms with Crippen LogP contribution in [0.3, 0.4) is 0 Å². The minimum atomic E-state index is -0.873. The summed E-state index contributed by atoms with van der Waals surface area (Å²) >= 11 is 0. The molecule has 2 aliphatic rings. The summed E-state index contributed by atoms with van der Waals surface area (Å²) in [5.74, 6) is -0.590. The molecule has 5 heteroatoms. The maximum atomic E-state index is 11.4. The molecule has 1 aromatic carbocycles. The molecule has 2 heterocycles. The van der Waals surface area contributed by atoms with Gasteiger partial charge in [-0.25, -0.2) is 4.79 Å². The fourth-order valence-electron chi connectivity index (χ4n) is 3.38. The molecule has 0 bridgehead atoms. The van der Waals surface area contributed by atoms with E-state index in [0.29, 0.717) is 5.56 Å². The van der Waals surface area contributed by atoms with Crippen molar-refractivity contribution in [1.82, 2.24) is 10.3 Å². The lowest BCUT2D eigenvalue weighted by molar-refractivity contribution is 0.0694. The summed E-state index contributed by atoms with van der Waals surface area (Å²) in [4.78, 5) is 13.9. The van der Waals surface area contributed by atoms with Gasteiger partial charge in [-0.2, -0.15) is 5.10 Å². The SMILES string of the molecule is CCCN1CCC2=NNC(c3ccccc3C(=O)O)C2C1. The number of nitrogens with zero attached hydrogens (tertiary/aromatic N) is 2. The van der Waals surface area contributed by atoms with Crippen LogP contribution in [0.5, 0.6) is 0 Å². The second kappa shape index (κ2) is 5.85. The zero-order valence-electron chi connectivity index (χ0n) is 12.2. The number of hydrogen-bond donors (Lipinski definition) is 2. The fourth-order valence-corrected chi connectivity index (χ4v) is 3.38. The van der Waals surface area contributed by atoms with E-state index in [1.165, 1.54) is 5.71 Å². The van der Waals surface area contributed by atoms with E-state index in [-0.39, 0.29) is 12.0 Å². The zero-order valence-corrected chi connectivity index (χ0v) is 12.2. The van der Waals surface area contributed by atoms with E-state index in [1.807, 2.05) is 12.1 Å². The van der Waals surface area contributed by atoms with Crippen molar-refractivity contribution in [1.29, 1.82) is 0 Å². The molecule has 2 atom stereocenters. The molecule has 112 valence electrons. The van der Waals surface area contributed by atoms with E-state index in [0.717, 1.165) is 38.0 Å². The first-order chi connectivity index (χ1) is 10.2. The quantitative estimate of drug-likeness (QED) is 0.890. The van der Waals surface area contributed by atoms with Crippen molar-refractivity contribution in [3.8, 4) is 0 Å². The molecule has 2 aliphatic heterocycles. The summed E-state index contributed by atoms with van der Waals surface area (Å²) in [5.41, 5.74) is 5.57. The molecule has 0 aromatic heterocycles. The first kappa shape index (κ1) is 14.1. The Morgan fingerprint density at radius 2 is 2.29 bits per heavy atom. The van der Waals surface area contributed by atoms with Gasteiger partial charge in [0.05, 0.1) is 11.6 Å². The maximum Gasteiger partial charge on any atom is 0.336 e. The predicted molar refractivity (Wildman–Crippen MR) is 81.6 cm³/mol. The number of aromatic carboxylic acids is 1. The van der Waals surface area contributed by atoms with E-state index in [9.17, 15) is 9.90 Å². The van der Waals surface area contributed by atoms with Gasteiger partial charge in [-0.3, -0.25) is 0 Å². The molecule has 3 rings (SSSR count). The van der Waals surface area contributed by atoms with Crippen molar-refractivity contribution in [2.75, 3.05) is 19.6 Å². The summed E-state index contributed by atoms with van der Waals surface area (Å²) in [6, 6.07) is 7.22. The maximum absolute atomic E-state index is 11.4. The van der Waals surface area contributed by atoms with Crippen LogP contribution in [0.15, 0.2) is 29.4 Å². The molecule has 2 N–H and O–H groups in total. The third kappa shape index (κ3) is 2.65. The molecule has 1 fully saturated rings. The lowest BCUT2D eigenvalue weighted by Gasteiger charge is -2.33. The molecule has 5 nitrogen and oxygen atoms in total. The molecule has 2 unspecified atom stereocenters. The minimum Gasteiger partial charge on any atom is -0.478 e. The Hall–Kier alpha value is -1.88. The van der Waals surface area contributed by atoms with E-state index in [1.54, 1.807) is 12.1 Å². The van der Waals surface area contributed by atoms with Crippen molar-refractivity contribution >= 4 is 11.7 Å². The molecule has 0 aliphatic carbocycles. The molecule has 0 spiro atoms. The Bertz CT molecular complexity index is 570. The minimum absolute atomic E-state index is 0.0213. The highest BCUT2D eigenvalue weighted by molar-refractivity contribution is 5.92. The fraction of sp³-hybridized carbons (Fsp3) is 0.500. The van der Waals surface area contributed by atoms with Crippen LogP contribution < -0.4 is 5.43 Å². The van der Waals surface area contributed by atoms with Gasteiger partial charge in [0.1, 0.15) is 0 Å². The number of carboxylic acid groups (broad SMARTS) is 1. The number of benzene rings is 1. The average molecular weight is 287 g/mol. The smallest absolute Gasteiger partial charge is 0.336 e. The third-order valence-corrected chi connectivity index (χ3v) is 4.38. The van der Waals surface area contributed by atoms with Gasteiger partial charge in [-0.1, -0.05) is 25.1 Å². The standard InChI is InChI=1S/C16H21N3O2/c1-2-8-19-9-7-14-13(10-19)15(18-17-14)11-5-3-4-6-12(11)16(20)21/h3-6,13,15,18H,2,7-10H2,1H3,(H,20,21). The van der Waals surface area contributed by atoms with Crippen LogP contribution in [-0.2, 0) is 0 Å². The molecule has 0 saturated carbocycles. The van der Waals surface area contributed by atoms with Crippen LogP contribution in [-0.4, -0.2) is 41.3 Å². The number of hydrogen-bond acceptors (Lipinski definition) is 4. The van der Waals surface area contributed by atoms with E-state index < -0.39 is 5.97 Å². The summed E-state index contributed by atoms with van der Waals surface area (Å²) in [7, 11) is 0. The van der Waals surface area contributed by atoms with Gasteiger partial charge in [-0.05, 0) is 24.6 Å². The molecule has 1 saturated heterocycles. The van der Waals surface area contributed by atoms with Crippen molar-refractivity contribution < 1.29 is 9.90 Å². The number of nitrogens with one attached hydrogen (secondary N) is 1. The number of hydrazone groups is 1. The Morgan fingerprint density at radius 1 is 1.48 bits per heavy atom. The van der Waals surface area contributed by atoms with Crippen LogP contribution in [0.25, 0.3) is 0 Å². The first-order valence-electron chi connectivity index (χ1n) is 7.57. The Balaban J connectivity index is 1.86. The highest BCUT2D eigenvalue weighted by Gasteiger charge is 2.38. The average Bonchev–Trinajstić information content (AvgIpc) is 2.90. The number of carboxylic acids is 1. The number of carbonyl (C=O) groups is 1. The molecule has 0 radical (unpaired) electrons. The van der Waals surface area contributed by atoms with E-state index in [4.69, 9.17) is 0 Å². The molecular weight excluding hydrogens is 266 g/mol. The molecule has 0 amide bonds. The second-order valence-electron chi connectivity index (χ2n) is 5.76. The predicted octanol–water partition coefficient (Wildman–Crippen LogP) is 2.12. The lowest BCUT2D eigenvalue weighted by Crippen LogP contribution is -2.42. The van der Waals surface area contributed by atoms with Gasteiger partial charge in [0.15, 0.2) is 0 Å². The number of piperidine rings is 1. The van der Waals surface area contributed by atoms with Crippen LogP contribution >= 0.6 is 0 Å². The largest absolute Gasteiger partial charge is 0.478 e. The molecular formula is C16H21N3O2. The number of likely N-dealkylation sites (tertiary alicyclic amines) is 1. The van der Waals surface area contributed by atoms with Crippen LogP contribution in [0.1, 0.15) is 41.7 Å². The van der Waals surface area contributed by atoms with Gasteiger partial charge in [0.25, 0.3) is 0 Å². The molecule has 1 aromatic rings. The van der Waals surface area contributed by atoms with Crippen molar-refractivity contribution in [3.05, 3.63) is 35.4 Å².